The topological polar surface area (TPSA) is 75.3 Å². The van der Waals surface area contributed by atoms with Gasteiger partial charge in [0.2, 0.25) is 0 Å². The molecular formula is C23H31ClN4O2. The summed E-state index contributed by atoms with van der Waals surface area (Å²) in [5, 5.41) is 11.2. The van der Waals surface area contributed by atoms with Gasteiger partial charge in [0.25, 0.3) is 0 Å². The van der Waals surface area contributed by atoms with Gasteiger partial charge in [0, 0.05) is 49.8 Å². The molecule has 1 unspecified atom stereocenters. The number of hydrogen-bond donors (Lipinski definition) is 3. The van der Waals surface area contributed by atoms with E-state index < -0.39 is 0 Å². The first-order valence-electron chi connectivity index (χ1n) is 10.6. The number of rotatable bonds is 6. The summed E-state index contributed by atoms with van der Waals surface area (Å²) >= 11 is 6.49. The molecule has 162 valence electrons. The maximum absolute atomic E-state index is 8.00. The Morgan fingerprint density at radius 1 is 1.20 bits per heavy atom. The van der Waals surface area contributed by atoms with Gasteiger partial charge in [0.15, 0.2) is 0 Å². The van der Waals surface area contributed by atoms with E-state index in [1.54, 1.807) is 6.20 Å². The molecule has 30 heavy (non-hydrogen) atoms. The monoisotopic (exact) mass is 430 g/mol. The number of aromatic nitrogens is 1. The van der Waals surface area contributed by atoms with Crippen molar-refractivity contribution in [1.29, 1.82) is 0 Å². The molecule has 1 atom stereocenters. The highest BCUT2D eigenvalue weighted by Crippen LogP contribution is 2.31. The fourth-order valence-electron chi connectivity index (χ4n) is 3.93. The van der Waals surface area contributed by atoms with Crippen LogP contribution >= 0.6 is 11.6 Å². The van der Waals surface area contributed by atoms with Crippen LogP contribution in [-0.2, 0) is 9.53 Å². The lowest BCUT2D eigenvalue weighted by Crippen LogP contribution is -2.38. The summed E-state index contributed by atoms with van der Waals surface area (Å²) in [6.45, 7) is 6.82. The summed E-state index contributed by atoms with van der Waals surface area (Å²) in [5.74, 6) is 1.57. The number of pyridine rings is 1. The molecule has 2 aromatic rings. The minimum Gasteiger partial charge on any atom is -0.385 e. The van der Waals surface area contributed by atoms with Crippen molar-refractivity contribution in [3.8, 4) is 11.1 Å². The molecule has 2 fully saturated rings. The molecule has 1 aromatic heterocycles. The number of carbonyl (C=O) groups is 1. The highest BCUT2D eigenvalue weighted by atomic mass is 35.5. The third-order valence-corrected chi connectivity index (χ3v) is 5.91. The Morgan fingerprint density at radius 2 is 2.03 bits per heavy atom. The molecule has 0 amide bonds. The third kappa shape index (κ3) is 6.42. The fourth-order valence-corrected chi connectivity index (χ4v) is 4.14. The average Bonchev–Trinajstić information content (AvgIpc) is 2.82. The average molecular weight is 431 g/mol. The van der Waals surface area contributed by atoms with E-state index in [0.29, 0.717) is 17.0 Å². The molecule has 3 heterocycles. The number of benzene rings is 1. The second-order valence-electron chi connectivity index (χ2n) is 7.75. The van der Waals surface area contributed by atoms with E-state index in [9.17, 15) is 0 Å². The zero-order valence-electron chi connectivity index (χ0n) is 17.3. The predicted molar refractivity (Wildman–Crippen MR) is 123 cm³/mol. The quantitative estimate of drug-likeness (QED) is 0.637. The van der Waals surface area contributed by atoms with Gasteiger partial charge in [0.05, 0.1) is 5.02 Å². The number of hydrogen-bond acceptors (Lipinski definition) is 6. The van der Waals surface area contributed by atoms with Crippen LogP contribution in [0.25, 0.3) is 11.1 Å². The standard InChI is InChI=1S/C22H29ClN4O.CH2O/c23-21-15-26-22(27-19-5-2-8-24-14-19)12-20(21)17-3-1-4-18(11-17)25-13-16-6-9-28-10-7-16;1-2/h1,3-4,11-12,15-16,19,24-25H,2,5-10,13-14H2,(H,26,27);1H2. The summed E-state index contributed by atoms with van der Waals surface area (Å²) in [6, 6.07) is 11.0. The van der Waals surface area contributed by atoms with Crippen molar-refractivity contribution in [1.82, 2.24) is 10.3 Å². The van der Waals surface area contributed by atoms with E-state index >= 15 is 0 Å². The first kappa shape index (κ1) is 22.5. The van der Waals surface area contributed by atoms with Crippen molar-refractivity contribution >= 4 is 29.9 Å². The van der Waals surface area contributed by atoms with Crippen LogP contribution in [0.5, 0.6) is 0 Å². The second kappa shape index (κ2) is 11.9. The van der Waals surface area contributed by atoms with Crippen molar-refractivity contribution in [2.45, 2.75) is 31.7 Å². The molecule has 0 aliphatic carbocycles. The van der Waals surface area contributed by atoms with E-state index in [-0.39, 0.29) is 0 Å². The van der Waals surface area contributed by atoms with Crippen LogP contribution in [0, 0.1) is 5.92 Å². The molecule has 2 aliphatic rings. The minimum atomic E-state index is 0.419. The SMILES string of the molecule is C=O.Clc1cnc(NC2CCCNC2)cc1-c1cccc(NCC2CCOCC2)c1. The molecule has 3 N–H and O–H groups in total. The Hall–Kier alpha value is -2.15. The van der Waals surface area contributed by atoms with Crippen LogP contribution in [0.2, 0.25) is 5.02 Å². The van der Waals surface area contributed by atoms with Crippen LogP contribution < -0.4 is 16.0 Å². The normalized spacial score (nSPS) is 19.4. The van der Waals surface area contributed by atoms with E-state index in [4.69, 9.17) is 21.1 Å². The predicted octanol–water partition coefficient (Wildman–Crippen LogP) is 4.22. The molecule has 0 saturated carbocycles. The number of nitrogens with one attached hydrogen (secondary N) is 3. The van der Waals surface area contributed by atoms with Crippen molar-refractivity contribution < 1.29 is 9.53 Å². The highest BCUT2D eigenvalue weighted by Gasteiger charge is 2.15. The summed E-state index contributed by atoms with van der Waals surface area (Å²) in [6.07, 6.45) is 6.37. The molecule has 0 bridgehead atoms. The summed E-state index contributed by atoms with van der Waals surface area (Å²) < 4.78 is 5.45. The van der Waals surface area contributed by atoms with Gasteiger partial charge < -0.3 is 25.5 Å². The van der Waals surface area contributed by atoms with Crippen molar-refractivity contribution in [2.24, 2.45) is 5.92 Å². The van der Waals surface area contributed by atoms with E-state index in [1.807, 2.05) is 6.79 Å². The summed E-state index contributed by atoms with van der Waals surface area (Å²) in [5.41, 5.74) is 3.25. The highest BCUT2D eigenvalue weighted by molar-refractivity contribution is 6.33. The first-order chi connectivity index (χ1) is 14.8. The molecule has 1 aromatic carbocycles. The van der Waals surface area contributed by atoms with Crippen LogP contribution in [0.4, 0.5) is 11.5 Å². The molecule has 7 heteroatoms. The van der Waals surface area contributed by atoms with Gasteiger partial charge in [-0.25, -0.2) is 4.98 Å². The smallest absolute Gasteiger partial charge is 0.126 e. The Balaban J connectivity index is 0.00000124. The third-order valence-electron chi connectivity index (χ3n) is 5.61. The molecule has 2 aliphatic heterocycles. The van der Waals surface area contributed by atoms with Crippen molar-refractivity contribution in [2.75, 3.05) is 43.5 Å². The molecule has 6 nitrogen and oxygen atoms in total. The Kier molecular flexibility index (Phi) is 8.93. The zero-order valence-corrected chi connectivity index (χ0v) is 18.1. The van der Waals surface area contributed by atoms with Gasteiger partial charge in [-0.3, -0.25) is 0 Å². The van der Waals surface area contributed by atoms with Crippen molar-refractivity contribution in [3.63, 3.8) is 0 Å². The molecule has 2 saturated heterocycles. The maximum Gasteiger partial charge on any atom is 0.126 e. The van der Waals surface area contributed by atoms with Crippen LogP contribution in [0.15, 0.2) is 36.5 Å². The number of carbonyl (C=O) groups excluding carboxylic acids is 1. The second-order valence-corrected chi connectivity index (χ2v) is 8.16. The van der Waals surface area contributed by atoms with Gasteiger partial charge in [-0.2, -0.15) is 0 Å². The number of anilines is 2. The van der Waals surface area contributed by atoms with Gasteiger partial charge in [-0.05, 0) is 61.9 Å². The molecular weight excluding hydrogens is 400 g/mol. The molecule has 4 rings (SSSR count). The van der Waals surface area contributed by atoms with Gasteiger partial charge in [-0.1, -0.05) is 23.7 Å². The van der Waals surface area contributed by atoms with Crippen LogP contribution in [0.3, 0.4) is 0 Å². The Bertz CT molecular complexity index is 793. The maximum atomic E-state index is 8.00. The van der Waals surface area contributed by atoms with Gasteiger partial charge >= 0.3 is 0 Å². The number of nitrogens with zero attached hydrogens (tertiary/aromatic N) is 1. The van der Waals surface area contributed by atoms with Gasteiger partial charge in [0.1, 0.15) is 12.6 Å². The Labute approximate surface area is 183 Å². The number of piperidine rings is 1. The van der Waals surface area contributed by atoms with E-state index in [0.717, 1.165) is 74.7 Å². The van der Waals surface area contributed by atoms with Crippen LogP contribution in [-0.4, -0.2) is 50.7 Å². The van der Waals surface area contributed by atoms with E-state index in [1.165, 1.54) is 6.42 Å². The fraction of sp³-hybridized carbons (Fsp3) is 0.478. The minimum absolute atomic E-state index is 0.419. The Morgan fingerprint density at radius 3 is 2.80 bits per heavy atom. The largest absolute Gasteiger partial charge is 0.385 e. The summed E-state index contributed by atoms with van der Waals surface area (Å²) in [7, 11) is 0. The number of ether oxygens (including phenoxy) is 1. The van der Waals surface area contributed by atoms with E-state index in [2.05, 4.69) is 51.3 Å². The lowest BCUT2D eigenvalue weighted by atomic mass is 10.00. The lowest BCUT2D eigenvalue weighted by molar-refractivity contribution is -0.0979. The summed E-state index contributed by atoms with van der Waals surface area (Å²) in [4.78, 5) is 12.5. The van der Waals surface area contributed by atoms with Crippen molar-refractivity contribution in [3.05, 3.63) is 41.6 Å². The lowest BCUT2D eigenvalue weighted by Gasteiger charge is -2.24. The zero-order chi connectivity index (χ0) is 21.2. The molecule has 0 radical (unpaired) electrons. The molecule has 0 spiro atoms. The first-order valence-corrected chi connectivity index (χ1v) is 11.0. The van der Waals surface area contributed by atoms with Gasteiger partial charge in [-0.15, -0.1) is 0 Å². The number of halogens is 1. The van der Waals surface area contributed by atoms with Crippen LogP contribution in [0.1, 0.15) is 25.7 Å².